The lowest BCUT2D eigenvalue weighted by Crippen LogP contribution is -2.20. The molecule has 1 N–H and O–H groups in total. The van der Waals surface area contributed by atoms with E-state index in [9.17, 15) is 9.18 Å². The van der Waals surface area contributed by atoms with Crippen molar-refractivity contribution in [3.8, 4) is 11.5 Å². The van der Waals surface area contributed by atoms with E-state index in [2.05, 4.69) is 5.32 Å². The third-order valence-corrected chi connectivity index (χ3v) is 2.10. The van der Waals surface area contributed by atoms with Gasteiger partial charge in [-0.25, -0.2) is 4.39 Å². The van der Waals surface area contributed by atoms with Crippen molar-refractivity contribution >= 4 is 5.78 Å². The van der Waals surface area contributed by atoms with Gasteiger partial charge in [-0.05, 0) is 19.2 Å². The molecule has 80 valence electrons. The molecule has 0 amide bonds. The summed E-state index contributed by atoms with van der Waals surface area (Å²) in [6, 6.07) is 2.66. The van der Waals surface area contributed by atoms with Crippen LogP contribution in [0.3, 0.4) is 0 Å². The first kappa shape index (κ1) is 9.92. The minimum atomic E-state index is -0.584. The summed E-state index contributed by atoms with van der Waals surface area (Å²) < 4.78 is 23.6. The third-order valence-electron chi connectivity index (χ3n) is 2.10. The van der Waals surface area contributed by atoms with E-state index in [0.717, 1.165) is 0 Å². The average molecular weight is 211 g/mol. The highest BCUT2D eigenvalue weighted by molar-refractivity contribution is 6.01. The number of hydrogen-bond acceptors (Lipinski definition) is 4. The minimum Gasteiger partial charge on any atom is -0.454 e. The standard InChI is InChI=1S/C10H10FNO3/c1-12-4-7(13)9-6(11)2-3-8-10(9)15-5-14-8/h2-3,12H,4-5H2,1H3. The summed E-state index contributed by atoms with van der Waals surface area (Å²) in [5, 5.41) is 2.67. The van der Waals surface area contributed by atoms with E-state index in [0.29, 0.717) is 5.75 Å². The van der Waals surface area contributed by atoms with Crippen LogP contribution in [0.5, 0.6) is 11.5 Å². The highest BCUT2D eigenvalue weighted by atomic mass is 19.1. The largest absolute Gasteiger partial charge is 0.454 e. The van der Waals surface area contributed by atoms with Gasteiger partial charge in [0.1, 0.15) is 11.4 Å². The van der Waals surface area contributed by atoms with Crippen LogP contribution in [-0.4, -0.2) is 26.2 Å². The highest BCUT2D eigenvalue weighted by Crippen LogP contribution is 2.36. The molecule has 0 saturated carbocycles. The molecule has 1 aliphatic rings. The number of halogens is 1. The molecule has 0 atom stereocenters. The molecule has 1 aliphatic heterocycles. The second-order valence-corrected chi connectivity index (χ2v) is 3.11. The van der Waals surface area contributed by atoms with Crippen LogP contribution >= 0.6 is 0 Å². The zero-order valence-electron chi connectivity index (χ0n) is 8.17. The molecule has 15 heavy (non-hydrogen) atoms. The second-order valence-electron chi connectivity index (χ2n) is 3.11. The van der Waals surface area contributed by atoms with Crippen LogP contribution < -0.4 is 14.8 Å². The van der Waals surface area contributed by atoms with Crippen LogP contribution in [0.1, 0.15) is 10.4 Å². The quantitative estimate of drug-likeness (QED) is 0.756. The summed E-state index contributed by atoms with van der Waals surface area (Å²) in [6.07, 6.45) is 0. The Morgan fingerprint density at radius 3 is 3.07 bits per heavy atom. The predicted molar refractivity (Wildman–Crippen MR) is 50.8 cm³/mol. The molecule has 1 aromatic rings. The normalized spacial score (nSPS) is 12.9. The second kappa shape index (κ2) is 3.86. The topological polar surface area (TPSA) is 47.6 Å². The number of hydrogen-bond donors (Lipinski definition) is 1. The number of rotatable bonds is 3. The Kier molecular flexibility index (Phi) is 2.55. The molecule has 0 radical (unpaired) electrons. The smallest absolute Gasteiger partial charge is 0.231 e. The van der Waals surface area contributed by atoms with Crippen LogP contribution in [0.15, 0.2) is 12.1 Å². The Hall–Kier alpha value is -1.62. The van der Waals surface area contributed by atoms with Gasteiger partial charge in [0.15, 0.2) is 17.3 Å². The fraction of sp³-hybridized carbons (Fsp3) is 0.300. The van der Waals surface area contributed by atoms with Crippen molar-refractivity contribution in [3.05, 3.63) is 23.5 Å². The first-order valence-corrected chi connectivity index (χ1v) is 4.50. The van der Waals surface area contributed by atoms with Crippen molar-refractivity contribution in [3.63, 3.8) is 0 Å². The van der Waals surface area contributed by atoms with Crippen molar-refractivity contribution < 1.29 is 18.7 Å². The van der Waals surface area contributed by atoms with Crippen molar-refractivity contribution in [1.82, 2.24) is 5.32 Å². The SMILES string of the molecule is CNCC(=O)c1c(F)ccc2c1OCO2. The zero-order valence-corrected chi connectivity index (χ0v) is 8.17. The molecule has 0 aliphatic carbocycles. The summed E-state index contributed by atoms with van der Waals surface area (Å²) in [5.74, 6) is -0.317. The van der Waals surface area contributed by atoms with Gasteiger partial charge < -0.3 is 14.8 Å². The van der Waals surface area contributed by atoms with Gasteiger partial charge in [0.2, 0.25) is 6.79 Å². The fourth-order valence-corrected chi connectivity index (χ4v) is 1.46. The van der Waals surface area contributed by atoms with Crippen LogP contribution in [0.2, 0.25) is 0 Å². The van der Waals surface area contributed by atoms with E-state index in [1.54, 1.807) is 7.05 Å². The van der Waals surface area contributed by atoms with Crippen LogP contribution in [-0.2, 0) is 0 Å². The molecule has 4 nitrogen and oxygen atoms in total. The Labute approximate surface area is 86.0 Å². The number of ketones is 1. The third kappa shape index (κ3) is 1.66. The lowest BCUT2D eigenvalue weighted by molar-refractivity contribution is 0.0985. The van der Waals surface area contributed by atoms with E-state index in [1.807, 2.05) is 0 Å². The monoisotopic (exact) mass is 211 g/mol. The fourth-order valence-electron chi connectivity index (χ4n) is 1.46. The van der Waals surface area contributed by atoms with Crippen LogP contribution in [0, 0.1) is 5.82 Å². The number of carbonyl (C=O) groups excluding carboxylic acids is 1. The summed E-state index contributed by atoms with van der Waals surface area (Å²) in [4.78, 5) is 11.6. The molecule has 2 rings (SSSR count). The Bertz CT molecular complexity index is 406. The number of fused-ring (bicyclic) bond motifs is 1. The van der Waals surface area contributed by atoms with Gasteiger partial charge in [0.05, 0.1) is 6.54 Å². The predicted octanol–water partition coefficient (Wildman–Crippen LogP) is 0.957. The first-order valence-electron chi connectivity index (χ1n) is 4.50. The summed E-state index contributed by atoms with van der Waals surface area (Å²) >= 11 is 0. The van der Waals surface area contributed by atoms with Gasteiger partial charge in [-0.15, -0.1) is 0 Å². The lowest BCUT2D eigenvalue weighted by atomic mass is 10.1. The van der Waals surface area contributed by atoms with Gasteiger partial charge in [0, 0.05) is 0 Å². The number of likely N-dealkylation sites (N-methyl/N-ethyl adjacent to an activating group) is 1. The Morgan fingerprint density at radius 2 is 2.33 bits per heavy atom. The molecular formula is C10H10FNO3. The molecular weight excluding hydrogens is 201 g/mol. The van der Waals surface area contributed by atoms with Crippen LogP contribution in [0.4, 0.5) is 4.39 Å². The summed E-state index contributed by atoms with van der Waals surface area (Å²) in [6.45, 7) is 0.0926. The summed E-state index contributed by atoms with van der Waals surface area (Å²) in [7, 11) is 1.62. The molecule has 0 saturated heterocycles. The maximum absolute atomic E-state index is 13.4. The molecule has 0 fully saturated rings. The van der Waals surface area contributed by atoms with E-state index < -0.39 is 5.82 Å². The van der Waals surface area contributed by atoms with Gasteiger partial charge in [-0.1, -0.05) is 0 Å². The molecule has 5 heteroatoms. The van der Waals surface area contributed by atoms with Crippen molar-refractivity contribution in [2.75, 3.05) is 20.4 Å². The van der Waals surface area contributed by atoms with E-state index >= 15 is 0 Å². The highest BCUT2D eigenvalue weighted by Gasteiger charge is 2.25. The van der Waals surface area contributed by atoms with Gasteiger partial charge in [0.25, 0.3) is 0 Å². The molecule has 0 bridgehead atoms. The minimum absolute atomic E-state index is 0.0264. The van der Waals surface area contributed by atoms with Crippen molar-refractivity contribution in [1.29, 1.82) is 0 Å². The van der Waals surface area contributed by atoms with Gasteiger partial charge in [-0.2, -0.15) is 0 Å². The molecule has 0 unspecified atom stereocenters. The van der Waals surface area contributed by atoms with E-state index in [4.69, 9.17) is 9.47 Å². The van der Waals surface area contributed by atoms with E-state index in [1.165, 1.54) is 12.1 Å². The van der Waals surface area contributed by atoms with Crippen LogP contribution in [0.25, 0.3) is 0 Å². The molecule has 0 spiro atoms. The zero-order chi connectivity index (χ0) is 10.8. The maximum Gasteiger partial charge on any atom is 0.231 e. The Morgan fingerprint density at radius 1 is 1.53 bits per heavy atom. The number of benzene rings is 1. The van der Waals surface area contributed by atoms with Gasteiger partial charge >= 0.3 is 0 Å². The van der Waals surface area contributed by atoms with Gasteiger partial charge in [-0.3, -0.25) is 4.79 Å². The Balaban J connectivity index is 2.45. The van der Waals surface area contributed by atoms with Crippen molar-refractivity contribution in [2.45, 2.75) is 0 Å². The average Bonchev–Trinajstić information content (AvgIpc) is 2.65. The molecule has 0 aromatic heterocycles. The number of carbonyl (C=O) groups is 1. The van der Waals surface area contributed by atoms with Crippen molar-refractivity contribution in [2.24, 2.45) is 0 Å². The number of nitrogens with one attached hydrogen (secondary N) is 1. The number of Topliss-reactive ketones (excluding diaryl/α,β-unsaturated/α-hetero) is 1. The van der Waals surface area contributed by atoms with E-state index in [-0.39, 0.29) is 30.4 Å². The summed E-state index contributed by atoms with van der Waals surface area (Å²) in [5.41, 5.74) is -0.0423. The maximum atomic E-state index is 13.4. The lowest BCUT2D eigenvalue weighted by Gasteiger charge is -2.05. The molecule has 1 aromatic carbocycles. The number of ether oxygens (including phenoxy) is 2. The first-order chi connectivity index (χ1) is 7.24. The molecule has 1 heterocycles.